The molecular formula is C14H20N6O. The van der Waals surface area contributed by atoms with Crippen LogP contribution in [-0.2, 0) is 6.42 Å². The van der Waals surface area contributed by atoms with Crippen LogP contribution >= 0.6 is 0 Å². The largest absolute Gasteiger partial charge is 0.463 e. The maximum Gasteiger partial charge on any atom is 0.323 e. The van der Waals surface area contributed by atoms with Gasteiger partial charge in [0.25, 0.3) is 0 Å². The van der Waals surface area contributed by atoms with E-state index in [9.17, 15) is 0 Å². The van der Waals surface area contributed by atoms with Crippen molar-refractivity contribution in [3.8, 4) is 6.01 Å². The highest BCUT2D eigenvalue weighted by Crippen LogP contribution is 2.18. The van der Waals surface area contributed by atoms with Gasteiger partial charge in [-0.05, 0) is 30.5 Å². The molecule has 0 saturated carbocycles. The third kappa shape index (κ3) is 4.28. The van der Waals surface area contributed by atoms with Crippen molar-refractivity contribution >= 4 is 17.6 Å². The Morgan fingerprint density at radius 2 is 1.95 bits per heavy atom. The molecule has 7 nitrogen and oxygen atoms in total. The van der Waals surface area contributed by atoms with Gasteiger partial charge in [0, 0.05) is 5.69 Å². The number of ether oxygens (including phenoxy) is 1. The summed E-state index contributed by atoms with van der Waals surface area (Å²) in [5.41, 5.74) is 4.55. The number of nitrogens with two attached hydrogens (primary N) is 1. The Morgan fingerprint density at radius 1 is 1.14 bits per heavy atom. The van der Waals surface area contributed by atoms with Crippen LogP contribution in [0.4, 0.5) is 17.6 Å². The molecule has 112 valence electrons. The Labute approximate surface area is 123 Å². The van der Waals surface area contributed by atoms with Crippen molar-refractivity contribution < 1.29 is 4.74 Å². The molecule has 0 amide bonds. The average molecular weight is 288 g/mol. The standard InChI is InChI=1S/C14H20N6O/c1-3-8-21-14-18-12(17-13(19-14)20-15)16-11-7-5-6-10(4-2)9-11/h5-7,9H,3-4,8,15H2,1-2H3,(H2,16,17,18,19,20). The van der Waals surface area contributed by atoms with Crippen molar-refractivity contribution in [1.29, 1.82) is 0 Å². The Hall–Kier alpha value is -2.41. The van der Waals surface area contributed by atoms with E-state index in [4.69, 9.17) is 10.6 Å². The fourth-order valence-electron chi connectivity index (χ4n) is 1.73. The quantitative estimate of drug-likeness (QED) is 0.531. The SMILES string of the molecule is CCCOc1nc(NN)nc(Nc2cccc(CC)c2)n1. The zero-order chi connectivity index (χ0) is 15.1. The van der Waals surface area contributed by atoms with Crippen LogP contribution in [0.3, 0.4) is 0 Å². The summed E-state index contributed by atoms with van der Waals surface area (Å²) in [5.74, 6) is 6.01. The summed E-state index contributed by atoms with van der Waals surface area (Å²) in [6, 6.07) is 8.30. The van der Waals surface area contributed by atoms with Gasteiger partial charge in [-0.3, -0.25) is 5.43 Å². The molecule has 0 saturated heterocycles. The maximum atomic E-state index is 5.42. The lowest BCUT2D eigenvalue weighted by Gasteiger charge is -2.09. The summed E-state index contributed by atoms with van der Waals surface area (Å²) in [6.07, 6.45) is 1.84. The molecule has 0 aliphatic carbocycles. The lowest BCUT2D eigenvalue weighted by molar-refractivity contribution is 0.292. The van der Waals surface area contributed by atoms with Crippen molar-refractivity contribution in [2.75, 3.05) is 17.3 Å². The Kier molecular flexibility index (Phi) is 5.28. The first-order valence-corrected chi connectivity index (χ1v) is 6.96. The van der Waals surface area contributed by atoms with E-state index in [2.05, 4.69) is 38.7 Å². The van der Waals surface area contributed by atoms with Gasteiger partial charge in [0.2, 0.25) is 11.9 Å². The molecule has 0 unspecified atom stereocenters. The number of nitrogen functional groups attached to an aromatic ring is 1. The van der Waals surface area contributed by atoms with Gasteiger partial charge >= 0.3 is 6.01 Å². The topological polar surface area (TPSA) is 98.0 Å². The third-order valence-corrected chi connectivity index (χ3v) is 2.77. The van der Waals surface area contributed by atoms with Crippen LogP contribution in [0, 0.1) is 0 Å². The first kappa shape index (κ1) is 15.0. The summed E-state index contributed by atoms with van der Waals surface area (Å²) in [5, 5.41) is 3.13. The molecule has 1 aromatic heterocycles. The van der Waals surface area contributed by atoms with Gasteiger partial charge in [-0.1, -0.05) is 26.0 Å². The van der Waals surface area contributed by atoms with Crippen LogP contribution in [0.25, 0.3) is 0 Å². The molecule has 1 heterocycles. The van der Waals surface area contributed by atoms with Crippen LogP contribution in [0.5, 0.6) is 6.01 Å². The number of aryl methyl sites for hydroxylation is 1. The molecule has 0 aliphatic heterocycles. The molecule has 0 fully saturated rings. The Balaban J connectivity index is 2.21. The van der Waals surface area contributed by atoms with E-state index in [0.29, 0.717) is 12.6 Å². The molecule has 7 heteroatoms. The molecule has 0 spiro atoms. The molecule has 0 aliphatic rings. The molecule has 0 radical (unpaired) electrons. The van der Waals surface area contributed by atoms with Crippen LogP contribution in [0.2, 0.25) is 0 Å². The van der Waals surface area contributed by atoms with Crippen molar-refractivity contribution in [3.05, 3.63) is 29.8 Å². The van der Waals surface area contributed by atoms with Gasteiger partial charge in [0.05, 0.1) is 6.61 Å². The van der Waals surface area contributed by atoms with Gasteiger partial charge in [0.15, 0.2) is 0 Å². The lowest BCUT2D eigenvalue weighted by atomic mass is 10.1. The predicted molar refractivity (Wildman–Crippen MR) is 82.5 cm³/mol. The first-order chi connectivity index (χ1) is 10.2. The van der Waals surface area contributed by atoms with E-state index >= 15 is 0 Å². The summed E-state index contributed by atoms with van der Waals surface area (Å²) in [6.45, 7) is 4.66. The number of rotatable bonds is 7. The van der Waals surface area contributed by atoms with Crippen LogP contribution < -0.4 is 21.3 Å². The highest BCUT2D eigenvalue weighted by Gasteiger charge is 2.07. The number of benzene rings is 1. The maximum absolute atomic E-state index is 5.42. The number of nitrogens with one attached hydrogen (secondary N) is 2. The third-order valence-electron chi connectivity index (χ3n) is 2.77. The molecule has 0 atom stereocenters. The minimum Gasteiger partial charge on any atom is -0.463 e. The van der Waals surface area contributed by atoms with Crippen molar-refractivity contribution in [3.63, 3.8) is 0 Å². The second-order valence-corrected chi connectivity index (χ2v) is 4.44. The van der Waals surface area contributed by atoms with E-state index in [1.165, 1.54) is 5.56 Å². The molecule has 1 aromatic carbocycles. The summed E-state index contributed by atoms with van der Waals surface area (Å²) in [7, 11) is 0. The van der Waals surface area contributed by atoms with Crippen molar-refractivity contribution in [1.82, 2.24) is 15.0 Å². The number of nitrogens with zero attached hydrogens (tertiary/aromatic N) is 3. The van der Waals surface area contributed by atoms with Gasteiger partial charge in [-0.25, -0.2) is 5.84 Å². The summed E-state index contributed by atoms with van der Waals surface area (Å²) >= 11 is 0. The minimum atomic E-state index is 0.244. The number of hydrazine groups is 1. The Morgan fingerprint density at radius 3 is 2.67 bits per heavy atom. The summed E-state index contributed by atoms with van der Waals surface area (Å²) < 4.78 is 5.42. The van der Waals surface area contributed by atoms with Crippen molar-refractivity contribution in [2.45, 2.75) is 26.7 Å². The fraction of sp³-hybridized carbons (Fsp3) is 0.357. The van der Waals surface area contributed by atoms with E-state index in [0.717, 1.165) is 18.5 Å². The second-order valence-electron chi connectivity index (χ2n) is 4.44. The number of hydrogen-bond donors (Lipinski definition) is 3. The zero-order valence-electron chi connectivity index (χ0n) is 12.3. The Bertz CT molecular complexity index is 589. The fourth-order valence-corrected chi connectivity index (χ4v) is 1.73. The predicted octanol–water partition coefficient (Wildman–Crippen LogP) is 2.25. The van der Waals surface area contributed by atoms with Gasteiger partial charge in [0.1, 0.15) is 0 Å². The molecule has 0 bridgehead atoms. The lowest BCUT2D eigenvalue weighted by Crippen LogP contribution is -2.13. The number of anilines is 3. The van der Waals surface area contributed by atoms with Crippen molar-refractivity contribution in [2.24, 2.45) is 5.84 Å². The average Bonchev–Trinajstić information content (AvgIpc) is 2.52. The minimum absolute atomic E-state index is 0.244. The van der Waals surface area contributed by atoms with Gasteiger partial charge in [-0.15, -0.1) is 0 Å². The van der Waals surface area contributed by atoms with E-state index < -0.39 is 0 Å². The summed E-state index contributed by atoms with van der Waals surface area (Å²) in [4.78, 5) is 12.4. The zero-order valence-corrected chi connectivity index (χ0v) is 12.3. The van der Waals surface area contributed by atoms with Crippen LogP contribution in [0.15, 0.2) is 24.3 Å². The van der Waals surface area contributed by atoms with Gasteiger partial charge in [-0.2, -0.15) is 15.0 Å². The first-order valence-electron chi connectivity index (χ1n) is 6.96. The number of hydrogen-bond acceptors (Lipinski definition) is 7. The molecular weight excluding hydrogens is 268 g/mol. The normalized spacial score (nSPS) is 10.2. The van der Waals surface area contributed by atoms with Crippen LogP contribution in [0.1, 0.15) is 25.8 Å². The molecule has 4 N–H and O–H groups in total. The highest BCUT2D eigenvalue weighted by molar-refractivity contribution is 5.55. The van der Waals surface area contributed by atoms with E-state index in [1.807, 2.05) is 25.1 Å². The smallest absolute Gasteiger partial charge is 0.323 e. The monoisotopic (exact) mass is 288 g/mol. The van der Waals surface area contributed by atoms with Gasteiger partial charge < -0.3 is 10.1 Å². The highest BCUT2D eigenvalue weighted by atomic mass is 16.5. The molecule has 21 heavy (non-hydrogen) atoms. The number of aromatic nitrogens is 3. The van der Waals surface area contributed by atoms with Crippen LogP contribution in [-0.4, -0.2) is 21.6 Å². The molecule has 2 rings (SSSR count). The van der Waals surface area contributed by atoms with E-state index in [1.54, 1.807) is 0 Å². The molecule has 2 aromatic rings. The van der Waals surface area contributed by atoms with E-state index in [-0.39, 0.29) is 12.0 Å². The second kappa shape index (κ2) is 7.39.